The van der Waals surface area contributed by atoms with E-state index in [1.807, 2.05) is 32.0 Å². The number of nitrogens with zero attached hydrogens (tertiary/aromatic N) is 1. The molecule has 0 N–H and O–H groups in total. The summed E-state index contributed by atoms with van der Waals surface area (Å²) in [6, 6.07) is 5.91. The molecule has 0 bridgehead atoms. The molecule has 20 heavy (non-hydrogen) atoms. The molecule has 0 aliphatic heterocycles. The highest BCUT2D eigenvalue weighted by Crippen LogP contribution is 2.17. The van der Waals surface area contributed by atoms with E-state index in [4.69, 9.17) is 4.42 Å². The maximum Gasteiger partial charge on any atom is 0.195 e. The molecular weight excluding hydrogens is 274 g/mol. The van der Waals surface area contributed by atoms with Crippen LogP contribution in [0.1, 0.15) is 30.7 Å². The smallest absolute Gasteiger partial charge is 0.195 e. The Morgan fingerprint density at radius 1 is 1.15 bits per heavy atom. The Morgan fingerprint density at radius 3 is 2.40 bits per heavy atom. The van der Waals surface area contributed by atoms with Crippen molar-refractivity contribution in [1.29, 1.82) is 0 Å². The fourth-order valence-electron chi connectivity index (χ4n) is 2.25. The average Bonchev–Trinajstić information content (AvgIpc) is 2.43. The van der Waals surface area contributed by atoms with Crippen LogP contribution in [0.3, 0.4) is 0 Å². The van der Waals surface area contributed by atoms with Crippen molar-refractivity contribution in [2.45, 2.75) is 34.2 Å². The molecule has 0 saturated heterocycles. The van der Waals surface area contributed by atoms with Crippen molar-refractivity contribution in [1.82, 2.24) is 4.90 Å². The molecule has 0 atom stereocenters. The normalized spacial score (nSPS) is 10.8. The van der Waals surface area contributed by atoms with Gasteiger partial charge in [-0.15, -0.1) is 12.4 Å². The van der Waals surface area contributed by atoms with E-state index < -0.39 is 0 Å². The molecule has 0 unspecified atom stereocenters. The molecule has 110 valence electrons. The first-order valence-corrected chi connectivity index (χ1v) is 6.82. The van der Waals surface area contributed by atoms with Crippen LogP contribution in [0.25, 0.3) is 11.0 Å². The van der Waals surface area contributed by atoms with E-state index in [0.29, 0.717) is 22.3 Å². The van der Waals surface area contributed by atoms with Gasteiger partial charge in [-0.3, -0.25) is 9.69 Å². The predicted molar refractivity (Wildman–Crippen MR) is 85.8 cm³/mol. The van der Waals surface area contributed by atoms with Gasteiger partial charge in [0.25, 0.3) is 0 Å². The van der Waals surface area contributed by atoms with E-state index in [-0.39, 0.29) is 17.8 Å². The van der Waals surface area contributed by atoms with Crippen LogP contribution in [-0.4, -0.2) is 18.0 Å². The van der Waals surface area contributed by atoms with E-state index in [2.05, 4.69) is 18.7 Å². The second-order valence-electron chi connectivity index (χ2n) is 4.90. The van der Waals surface area contributed by atoms with Crippen LogP contribution in [-0.2, 0) is 6.54 Å². The van der Waals surface area contributed by atoms with Crippen LogP contribution in [0.15, 0.2) is 27.4 Å². The van der Waals surface area contributed by atoms with Crippen LogP contribution in [0.4, 0.5) is 0 Å². The van der Waals surface area contributed by atoms with E-state index in [0.717, 1.165) is 25.2 Å². The van der Waals surface area contributed by atoms with Gasteiger partial charge in [0.15, 0.2) is 5.43 Å². The molecule has 1 aromatic carbocycles. The molecule has 2 rings (SSSR count). The minimum Gasteiger partial charge on any atom is -0.461 e. The third-order valence-electron chi connectivity index (χ3n) is 3.72. The molecule has 4 heteroatoms. The monoisotopic (exact) mass is 295 g/mol. The molecule has 1 aromatic heterocycles. The second-order valence-corrected chi connectivity index (χ2v) is 4.90. The van der Waals surface area contributed by atoms with Gasteiger partial charge in [-0.2, -0.15) is 0 Å². The maximum atomic E-state index is 12.3. The Labute approximate surface area is 126 Å². The SMILES string of the molecule is CCN(CC)Cc1ccc2oc(C)c(C)c(=O)c2c1.Cl. The molecule has 0 aliphatic rings. The summed E-state index contributed by atoms with van der Waals surface area (Å²) in [5.74, 6) is 0.703. The third-order valence-corrected chi connectivity index (χ3v) is 3.72. The second kappa shape index (κ2) is 6.91. The molecule has 3 nitrogen and oxygen atoms in total. The van der Waals surface area contributed by atoms with Gasteiger partial charge in [-0.25, -0.2) is 0 Å². The maximum absolute atomic E-state index is 12.3. The minimum absolute atomic E-state index is 0. The number of rotatable bonds is 4. The average molecular weight is 296 g/mol. The number of benzene rings is 1. The Kier molecular flexibility index (Phi) is 5.78. The van der Waals surface area contributed by atoms with Gasteiger partial charge >= 0.3 is 0 Å². The molecule has 2 aromatic rings. The van der Waals surface area contributed by atoms with E-state index >= 15 is 0 Å². The van der Waals surface area contributed by atoms with Gasteiger partial charge in [0.1, 0.15) is 11.3 Å². The zero-order chi connectivity index (χ0) is 14.0. The van der Waals surface area contributed by atoms with E-state index in [1.54, 1.807) is 0 Å². The highest BCUT2D eigenvalue weighted by Gasteiger charge is 2.09. The zero-order valence-electron chi connectivity index (χ0n) is 12.5. The number of halogens is 1. The first kappa shape index (κ1) is 16.7. The van der Waals surface area contributed by atoms with Gasteiger partial charge in [-0.1, -0.05) is 19.9 Å². The lowest BCUT2D eigenvalue weighted by Gasteiger charge is -2.18. The van der Waals surface area contributed by atoms with Gasteiger partial charge in [0.05, 0.1) is 5.39 Å². The van der Waals surface area contributed by atoms with Crippen LogP contribution < -0.4 is 5.43 Å². The van der Waals surface area contributed by atoms with Gasteiger partial charge < -0.3 is 4.42 Å². The first-order valence-electron chi connectivity index (χ1n) is 6.82. The van der Waals surface area contributed by atoms with Crippen LogP contribution in [0, 0.1) is 13.8 Å². The number of aryl methyl sites for hydroxylation is 1. The third kappa shape index (κ3) is 3.22. The number of fused-ring (bicyclic) bond motifs is 1. The van der Waals surface area contributed by atoms with Gasteiger partial charge in [0, 0.05) is 12.1 Å². The summed E-state index contributed by atoms with van der Waals surface area (Å²) >= 11 is 0. The first-order chi connectivity index (χ1) is 9.06. The zero-order valence-corrected chi connectivity index (χ0v) is 13.3. The summed E-state index contributed by atoms with van der Waals surface area (Å²) in [5.41, 5.74) is 2.62. The van der Waals surface area contributed by atoms with Crippen molar-refractivity contribution >= 4 is 23.4 Å². The fraction of sp³-hybridized carbons (Fsp3) is 0.438. The Hall–Kier alpha value is -1.32. The lowest BCUT2D eigenvalue weighted by molar-refractivity contribution is 0.296. The van der Waals surface area contributed by atoms with Crippen LogP contribution >= 0.6 is 12.4 Å². The highest BCUT2D eigenvalue weighted by molar-refractivity contribution is 5.85. The largest absolute Gasteiger partial charge is 0.461 e. The van der Waals surface area contributed by atoms with Crippen molar-refractivity contribution in [2.75, 3.05) is 13.1 Å². The van der Waals surface area contributed by atoms with E-state index in [9.17, 15) is 4.79 Å². The summed E-state index contributed by atoms with van der Waals surface area (Å²) in [6.07, 6.45) is 0. The van der Waals surface area contributed by atoms with Crippen molar-refractivity contribution in [2.24, 2.45) is 0 Å². The van der Waals surface area contributed by atoms with Gasteiger partial charge in [0.2, 0.25) is 0 Å². The van der Waals surface area contributed by atoms with Crippen molar-refractivity contribution in [3.8, 4) is 0 Å². The molecule has 0 aliphatic carbocycles. The molecule has 0 amide bonds. The molecule has 0 radical (unpaired) electrons. The summed E-state index contributed by atoms with van der Waals surface area (Å²) in [4.78, 5) is 14.6. The highest BCUT2D eigenvalue weighted by atomic mass is 35.5. The molecule has 0 saturated carbocycles. The van der Waals surface area contributed by atoms with Crippen LogP contribution in [0.2, 0.25) is 0 Å². The quantitative estimate of drug-likeness (QED) is 0.863. The Bertz CT molecular complexity index is 645. The number of hydrogen-bond acceptors (Lipinski definition) is 3. The van der Waals surface area contributed by atoms with Crippen molar-refractivity contribution in [3.63, 3.8) is 0 Å². The summed E-state index contributed by atoms with van der Waals surface area (Å²) in [5, 5.41) is 0.688. The predicted octanol–water partition coefficient (Wildman–Crippen LogP) is 3.67. The molecule has 0 spiro atoms. The Balaban J connectivity index is 0.00000200. The summed E-state index contributed by atoms with van der Waals surface area (Å²) in [6.45, 7) is 10.8. The summed E-state index contributed by atoms with van der Waals surface area (Å²) in [7, 11) is 0. The number of hydrogen-bond donors (Lipinski definition) is 0. The van der Waals surface area contributed by atoms with Crippen molar-refractivity contribution < 1.29 is 4.42 Å². The lowest BCUT2D eigenvalue weighted by Crippen LogP contribution is -2.22. The minimum atomic E-state index is 0. The van der Waals surface area contributed by atoms with E-state index in [1.165, 1.54) is 0 Å². The van der Waals surface area contributed by atoms with Crippen LogP contribution in [0.5, 0.6) is 0 Å². The lowest BCUT2D eigenvalue weighted by atomic mass is 10.1. The standard InChI is InChI=1S/C16H21NO2.ClH/c1-5-17(6-2)10-13-7-8-15-14(9-13)16(18)11(3)12(4)19-15;/h7-9H,5-6,10H2,1-4H3;1H. The topological polar surface area (TPSA) is 33.5 Å². The van der Waals surface area contributed by atoms with Gasteiger partial charge in [-0.05, 0) is 44.6 Å². The summed E-state index contributed by atoms with van der Waals surface area (Å²) < 4.78 is 5.67. The fourth-order valence-corrected chi connectivity index (χ4v) is 2.25. The molecule has 0 fully saturated rings. The molecular formula is C16H22ClNO2. The Morgan fingerprint density at radius 2 is 1.80 bits per heavy atom. The molecule has 1 heterocycles. The van der Waals surface area contributed by atoms with Crippen molar-refractivity contribution in [3.05, 3.63) is 45.3 Å².